The summed E-state index contributed by atoms with van der Waals surface area (Å²) in [7, 11) is -1.69. The standard InChI is InChI=1S/C25H21ClF2N4O2S/c1-14(6-15-7-17(27)10-18(28)8-15)24-20(9-16(11-29)12-30-24)19-4-5-21(26)23-22(13-35(3,33)34)31-32(2)25(19)23/h4-5,7-10,12,14H,6,13H2,1-3H3/t14-/m0/s1. The molecule has 180 valence electrons. The summed E-state index contributed by atoms with van der Waals surface area (Å²) in [6, 6.07) is 10.6. The van der Waals surface area contributed by atoms with Gasteiger partial charge in [0.25, 0.3) is 0 Å². The van der Waals surface area contributed by atoms with Gasteiger partial charge in [0.05, 0.1) is 33.2 Å². The number of hydrogen-bond donors (Lipinski definition) is 0. The van der Waals surface area contributed by atoms with Crippen LogP contribution in [-0.4, -0.2) is 29.4 Å². The first-order valence-electron chi connectivity index (χ1n) is 10.6. The highest BCUT2D eigenvalue weighted by Crippen LogP contribution is 2.39. The number of sulfone groups is 1. The van der Waals surface area contributed by atoms with Gasteiger partial charge < -0.3 is 0 Å². The summed E-state index contributed by atoms with van der Waals surface area (Å²) in [5, 5.41) is 14.8. The molecule has 2 heterocycles. The zero-order chi connectivity index (χ0) is 25.5. The molecule has 0 unspecified atom stereocenters. The minimum Gasteiger partial charge on any atom is -0.267 e. The van der Waals surface area contributed by atoms with E-state index in [1.165, 1.54) is 18.3 Å². The van der Waals surface area contributed by atoms with Gasteiger partial charge in [-0.1, -0.05) is 24.6 Å². The topological polar surface area (TPSA) is 88.6 Å². The predicted molar refractivity (Wildman–Crippen MR) is 131 cm³/mol. The van der Waals surface area contributed by atoms with Crippen LogP contribution in [0, 0.1) is 23.0 Å². The molecule has 0 saturated carbocycles. The molecule has 0 fully saturated rings. The van der Waals surface area contributed by atoms with Crippen molar-refractivity contribution in [2.75, 3.05) is 6.26 Å². The zero-order valence-corrected chi connectivity index (χ0v) is 20.8. The number of rotatable bonds is 6. The Kier molecular flexibility index (Phi) is 6.62. The number of fused-ring (bicyclic) bond motifs is 1. The number of nitrogens with zero attached hydrogens (tertiary/aromatic N) is 4. The molecule has 10 heteroatoms. The first-order chi connectivity index (χ1) is 16.5. The predicted octanol–water partition coefficient (Wildman–Crippen LogP) is 5.33. The van der Waals surface area contributed by atoms with E-state index in [1.807, 2.05) is 6.92 Å². The molecule has 0 N–H and O–H groups in total. The molecule has 0 bridgehead atoms. The average Bonchev–Trinajstić information content (AvgIpc) is 3.08. The lowest BCUT2D eigenvalue weighted by Crippen LogP contribution is -2.06. The van der Waals surface area contributed by atoms with Crippen molar-refractivity contribution in [1.82, 2.24) is 14.8 Å². The Balaban J connectivity index is 1.91. The molecule has 35 heavy (non-hydrogen) atoms. The molecule has 4 rings (SSSR count). The van der Waals surface area contributed by atoms with Gasteiger partial charge >= 0.3 is 0 Å². The Morgan fingerprint density at radius 3 is 2.46 bits per heavy atom. The summed E-state index contributed by atoms with van der Waals surface area (Å²) in [6.07, 6.45) is 2.88. The smallest absolute Gasteiger partial charge is 0.153 e. The van der Waals surface area contributed by atoms with Crippen molar-refractivity contribution in [3.05, 3.63) is 81.8 Å². The second kappa shape index (κ2) is 9.36. The van der Waals surface area contributed by atoms with Crippen molar-refractivity contribution in [3.8, 4) is 17.2 Å². The Labute approximate surface area is 206 Å². The quantitative estimate of drug-likeness (QED) is 0.347. The summed E-state index contributed by atoms with van der Waals surface area (Å²) >= 11 is 6.47. The van der Waals surface area contributed by atoms with E-state index in [4.69, 9.17) is 11.6 Å². The van der Waals surface area contributed by atoms with Crippen LogP contribution in [0.5, 0.6) is 0 Å². The third-order valence-corrected chi connectivity index (χ3v) is 6.79. The van der Waals surface area contributed by atoms with E-state index in [9.17, 15) is 22.5 Å². The van der Waals surface area contributed by atoms with Crippen LogP contribution < -0.4 is 0 Å². The van der Waals surface area contributed by atoms with Gasteiger partial charge in [-0.25, -0.2) is 17.2 Å². The lowest BCUT2D eigenvalue weighted by atomic mass is 9.90. The molecule has 0 aliphatic carbocycles. The van der Waals surface area contributed by atoms with Crippen molar-refractivity contribution in [3.63, 3.8) is 0 Å². The van der Waals surface area contributed by atoms with E-state index in [0.717, 1.165) is 12.3 Å². The first-order valence-corrected chi connectivity index (χ1v) is 13.1. The molecule has 1 atom stereocenters. The Hall–Kier alpha value is -3.35. The van der Waals surface area contributed by atoms with Crippen LogP contribution in [0.1, 0.15) is 35.4 Å². The van der Waals surface area contributed by atoms with Crippen LogP contribution in [0.15, 0.2) is 42.6 Å². The van der Waals surface area contributed by atoms with Crippen LogP contribution >= 0.6 is 11.6 Å². The summed E-state index contributed by atoms with van der Waals surface area (Å²) in [4.78, 5) is 4.52. The number of halogens is 3. The van der Waals surface area contributed by atoms with Crippen LogP contribution in [0.4, 0.5) is 8.78 Å². The largest absolute Gasteiger partial charge is 0.267 e. The highest BCUT2D eigenvalue weighted by Gasteiger charge is 2.23. The third kappa shape index (κ3) is 5.19. The maximum atomic E-state index is 13.7. The van der Waals surface area contributed by atoms with E-state index < -0.39 is 21.5 Å². The Morgan fingerprint density at radius 2 is 1.83 bits per heavy atom. The molecule has 0 spiro atoms. The van der Waals surface area contributed by atoms with E-state index in [2.05, 4.69) is 16.2 Å². The number of pyridine rings is 1. The monoisotopic (exact) mass is 514 g/mol. The van der Waals surface area contributed by atoms with Gasteiger partial charge in [-0.2, -0.15) is 10.4 Å². The highest BCUT2D eigenvalue weighted by atomic mass is 35.5. The van der Waals surface area contributed by atoms with Crippen LogP contribution in [-0.2, 0) is 29.1 Å². The van der Waals surface area contributed by atoms with Crippen molar-refractivity contribution in [1.29, 1.82) is 5.26 Å². The minimum atomic E-state index is -3.37. The fourth-order valence-corrected chi connectivity index (χ4v) is 5.31. The van der Waals surface area contributed by atoms with Crippen LogP contribution in [0.25, 0.3) is 22.0 Å². The van der Waals surface area contributed by atoms with E-state index in [-0.39, 0.29) is 11.7 Å². The van der Waals surface area contributed by atoms with Gasteiger partial charge in [0, 0.05) is 48.0 Å². The molecule has 0 aliphatic rings. The zero-order valence-electron chi connectivity index (χ0n) is 19.2. The van der Waals surface area contributed by atoms with E-state index in [1.54, 1.807) is 29.9 Å². The number of nitriles is 1. The maximum Gasteiger partial charge on any atom is 0.153 e. The number of aromatic nitrogens is 3. The van der Waals surface area contributed by atoms with Gasteiger partial charge in [0.1, 0.15) is 17.7 Å². The molecule has 0 radical (unpaired) electrons. The molecular weight excluding hydrogens is 494 g/mol. The number of hydrogen-bond acceptors (Lipinski definition) is 5. The fraction of sp³-hybridized carbons (Fsp3) is 0.240. The second-order valence-corrected chi connectivity index (χ2v) is 11.2. The van der Waals surface area contributed by atoms with Crippen molar-refractivity contribution >= 4 is 32.3 Å². The first kappa shape index (κ1) is 24.8. The normalized spacial score (nSPS) is 12.6. The fourth-order valence-electron chi connectivity index (χ4n) is 4.35. The van der Waals surface area contributed by atoms with Gasteiger partial charge in [0.2, 0.25) is 0 Å². The van der Waals surface area contributed by atoms with Crippen LogP contribution in [0.3, 0.4) is 0 Å². The molecule has 2 aromatic carbocycles. The summed E-state index contributed by atoms with van der Waals surface area (Å²) in [6.45, 7) is 1.88. The van der Waals surface area contributed by atoms with Gasteiger partial charge in [-0.05, 0) is 36.2 Å². The number of benzene rings is 2. The summed E-state index contributed by atoms with van der Waals surface area (Å²) < 4.78 is 53.0. The SMILES string of the molecule is C[C@@H](Cc1cc(F)cc(F)c1)c1ncc(C#N)cc1-c1ccc(Cl)c2c(CS(C)(=O)=O)nn(C)c12. The van der Waals surface area contributed by atoms with Crippen LogP contribution in [0.2, 0.25) is 5.02 Å². The van der Waals surface area contributed by atoms with E-state index >= 15 is 0 Å². The Bertz CT molecular complexity index is 1590. The molecular formula is C25H21ClF2N4O2S. The van der Waals surface area contributed by atoms with Gasteiger partial charge in [-0.3, -0.25) is 9.67 Å². The second-order valence-electron chi connectivity index (χ2n) is 8.61. The summed E-state index contributed by atoms with van der Waals surface area (Å²) in [5.74, 6) is -1.87. The van der Waals surface area contributed by atoms with E-state index in [0.29, 0.717) is 56.0 Å². The lowest BCUT2D eigenvalue weighted by Gasteiger charge is -2.17. The molecule has 6 nitrogen and oxygen atoms in total. The maximum absolute atomic E-state index is 13.7. The molecule has 4 aromatic rings. The lowest BCUT2D eigenvalue weighted by molar-refractivity contribution is 0.577. The molecule has 0 aliphatic heterocycles. The average molecular weight is 515 g/mol. The Morgan fingerprint density at radius 1 is 1.14 bits per heavy atom. The minimum absolute atomic E-state index is 0.270. The summed E-state index contributed by atoms with van der Waals surface area (Å²) in [5.41, 5.74) is 3.63. The number of aryl methyl sites for hydroxylation is 1. The van der Waals surface area contributed by atoms with Crippen molar-refractivity contribution in [2.24, 2.45) is 7.05 Å². The van der Waals surface area contributed by atoms with Gasteiger partial charge in [-0.15, -0.1) is 0 Å². The van der Waals surface area contributed by atoms with Crippen molar-refractivity contribution < 1.29 is 17.2 Å². The molecule has 0 saturated heterocycles. The molecule has 0 amide bonds. The van der Waals surface area contributed by atoms with Crippen molar-refractivity contribution in [2.45, 2.75) is 25.0 Å². The third-order valence-electron chi connectivity index (χ3n) is 5.68. The molecule has 2 aromatic heterocycles. The van der Waals surface area contributed by atoms with Gasteiger partial charge in [0.15, 0.2) is 9.84 Å². The highest BCUT2D eigenvalue weighted by molar-refractivity contribution is 7.89.